The van der Waals surface area contributed by atoms with Gasteiger partial charge in [-0.05, 0) is 35.1 Å². The van der Waals surface area contributed by atoms with Crippen molar-refractivity contribution in [3.8, 4) is 0 Å². The lowest BCUT2D eigenvalue weighted by Gasteiger charge is -2.16. The smallest absolute Gasteiger partial charge is 0.270 e. The Morgan fingerprint density at radius 3 is 2.67 bits per heavy atom. The number of carbonyl (C=O) groups is 1. The molecule has 1 amide bonds. The number of nitro benzene ring substituents is 1. The third-order valence-corrected chi connectivity index (χ3v) is 3.83. The largest absolute Gasteiger partial charge is 0.348 e. The highest BCUT2D eigenvalue weighted by Crippen LogP contribution is 2.19. The first-order valence-electron chi connectivity index (χ1n) is 6.44. The molecule has 1 unspecified atom stereocenters. The average molecular weight is 428 g/mol. The van der Waals surface area contributed by atoms with Gasteiger partial charge in [-0.15, -0.1) is 12.4 Å². The van der Waals surface area contributed by atoms with E-state index in [0.29, 0.717) is 15.7 Å². The van der Waals surface area contributed by atoms with E-state index >= 15 is 0 Å². The zero-order valence-corrected chi connectivity index (χ0v) is 14.6. The van der Waals surface area contributed by atoms with Crippen molar-refractivity contribution in [1.29, 1.82) is 0 Å². The number of nitrogens with two attached hydrogens (primary N) is 1. The quantitative estimate of drug-likeness (QED) is 0.397. The molecule has 0 radical (unpaired) electrons. The molecular weight excluding hydrogens is 409 g/mol. The Morgan fingerprint density at radius 1 is 1.52 bits per heavy atom. The summed E-state index contributed by atoms with van der Waals surface area (Å²) in [6.45, 7) is 2.46. The SMILES string of the molecule is CCCCC(CN)NC(=O)c1ccc([N+](=O)[O-])cc1I.Cl. The first-order chi connectivity index (χ1) is 9.49. The minimum absolute atomic E-state index is 0. The molecule has 1 rings (SSSR count). The van der Waals surface area contributed by atoms with E-state index in [-0.39, 0.29) is 30.0 Å². The molecule has 0 fully saturated rings. The van der Waals surface area contributed by atoms with Crippen LogP contribution in [0.3, 0.4) is 0 Å². The molecule has 21 heavy (non-hydrogen) atoms. The van der Waals surface area contributed by atoms with Crippen LogP contribution in [0.25, 0.3) is 0 Å². The van der Waals surface area contributed by atoms with Crippen LogP contribution in [0.1, 0.15) is 36.5 Å². The third kappa shape index (κ3) is 6.15. The molecular formula is C13H19ClIN3O3. The van der Waals surface area contributed by atoms with Gasteiger partial charge >= 0.3 is 0 Å². The molecule has 0 aromatic heterocycles. The fourth-order valence-electron chi connectivity index (χ4n) is 1.76. The van der Waals surface area contributed by atoms with E-state index < -0.39 is 4.92 Å². The Labute approximate surface area is 143 Å². The summed E-state index contributed by atoms with van der Waals surface area (Å²) in [4.78, 5) is 22.3. The maximum Gasteiger partial charge on any atom is 0.270 e. The maximum atomic E-state index is 12.1. The summed E-state index contributed by atoms with van der Waals surface area (Å²) in [6, 6.07) is 4.13. The van der Waals surface area contributed by atoms with Crippen molar-refractivity contribution in [2.75, 3.05) is 6.54 Å². The monoisotopic (exact) mass is 427 g/mol. The number of benzene rings is 1. The van der Waals surface area contributed by atoms with Crippen LogP contribution in [0.2, 0.25) is 0 Å². The van der Waals surface area contributed by atoms with Gasteiger partial charge in [0.05, 0.1) is 10.5 Å². The molecule has 0 aliphatic rings. The molecule has 3 N–H and O–H groups in total. The van der Waals surface area contributed by atoms with Gasteiger partial charge < -0.3 is 11.1 Å². The van der Waals surface area contributed by atoms with Crippen molar-refractivity contribution in [3.63, 3.8) is 0 Å². The molecule has 118 valence electrons. The summed E-state index contributed by atoms with van der Waals surface area (Å²) in [7, 11) is 0. The van der Waals surface area contributed by atoms with Crippen molar-refractivity contribution >= 4 is 46.6 Å². The number of halogens is 2. The van der Waals surface area contributed by atoms with E-state index in [9.17, 15) is 14.9 Å². The molecule has 0 saturated carbocycles. The Hall–Kier alpha value is -0.930. The average Bonchev–Trinajstić information content (AvgIpc) is 2.42. The van der Waals surface area contributed by atoms with Gasteiger partial charge in [-0.1, -0.05) is 19.8 Å². The van der Waals surface area contributed by atoms with Crippen LogP contribution in [0.15, 0.2) is 18.2 Å². The number of hydrogen-bond acceptors (Lipinski definition) is 4. The summed E-state index contributed by atoms with van der Waals surface area (Å²) in [5.74, 6) is -0.240. The Morgan fingerprint density at radius 2 is 2.19 bits per heavy atom. The summed E-state index contributed by atoms with van der Waals surface area (Å²) in [5, 5.41) is 13.5. The van der Waals surface area contributed by atoms with Crippen molar-refractivity contribution in [1.82, 2.24) is 5.32 Å². The molecule has 0 aliphatic carbocycles. The number of nitrogens with zero attached hydrogens (tertiary/aromatic N) is 1. The highest BCUT2D eigenvalue weighted by Gasteiger charge is 2.17. The fourth-order valence-corrected chi connectivity index (χ4v) is 2.51. The van der Waals surface area contributed by atoms with Gasteiger partial charge in [0.15, 0.2) is 0 Å². The second-order valence-corrected chi connectivity index (χ2v) is 5.63. The highest BCUT2D eigenvalue weighted by atomic mass is 127. The van der Waals surface area contributed by atoms with Gasteiger partial charge in [-0.2, -0.15) is 0 Å². The number of hydrogen-bond donors (Lipinski definition) is 2. The van der Waals surface area contributed by atoms with Gasteiger partial charge in [0.25, 0.3) is 11.6 Å². The van der Waals surface area contributed by atoms with E-state index in [4.69, 9.17) is 5.73 Å². The minimum atomic E-state index is -0.478. The Balaban J connectivity index is 0.00000400. The van der Waals surface area contributed by atoms with Gasteiger partial charge in [0, 0.05) is 28.3 Å². The predicted molar refractivity (Wildman–Crippen MR) is 92.9 cm³/mol. The van der Waals surface area contributed by atoms with E-state index in [1.807, 2.05) is 22.6 Å². The molecule has 0 heterocycles. The zero-order valence-electron chi connectivity index (χ0n) is 11.7. The van der Waals surface area contributed by atoms with E-state index in [1.165, 1.54) is 18.2 Å². The summed E-state index contributed by atoms with van der Waals surface area (Å²) in [6.07, 6.45) is 2.88. The molecule has 0 saturated heterocycles. The molecule has 0 spiro atoms. The zero-order chi connectivity index (χ0) is 15.1. The van der Waals surface area contributed by atoms with Crippen LogP contribution in [0, 0.1) is 13.7 Å². The Kier molecular flexibility index (Phi) is 9.47. The lowest BCUT2D eigenvalue weighted by Crippen LogP contribution is -2.40. The summed E-state index contributed by atoms with van der Waals surface area (Å²) >= 11 is 1.93. The molecule has 6 nitrogen and oxygen atoms in total. The van der Waals surface area contributed by atoms with Crippen LogP contribution < -0.4 is 11.1 Å². The molecule has 0 bridgehead atoms. The maximum absolute atomic E-state index is 12.1. The second-order valence-electron chi connectivity index (χ2n) is 4.47. The number of unbranched alkanes of at least 4 members (excludes halogenated alkanes) is 1. The molecule has 8 heteroatoms. The van der Waals surface area contributed by atoms with Crippen LogP contribution in [-0.2, 0) is 0 Å². The van der Waals surface area contributed by atoms with E-state index in [0.717, 1.165) is 19.3 Å². The molecule has 0 aliphatic heterocycles. The lowest BCUT2D eigenvalue weighted by molar-refractivity contribution is -0.384. The van der Waals surface area contributed by atoms with Gasteiger partial charge in [-0.3, -0.25) is 14.9 Å². The number of carbonyl (C=O) groups excluding carboxylic acids is 1. The van der Waals surface area contributed by atoms with Crippen molar-refractivity contribution in [2.45, 2.75) is 32.2 Å². The number of non-ortho nitro benzene ring substituents is 1. The lowest BCUT2D eigenvalue weighted by atomic mass is 10.1. The minimum Gasteiger partial charge on any atom is -0.348 e. The number of nitro groups is 1. The van der Waals surface area contributed by atoms with Crippen LogP contribution in [0.5, 0.6) is 0 Å². The fraction of sp³-hybridized carbons (Fsp3) is 0.462. The highest BCUT2D eigenvalue weighted by molar-refractivity contribution is 14.1. The van der Waals surface area contributed by atoms with Crippen LogP contribution in [-0.4, -0.2) is 23.4 Å². The summed E-state index contributed by atoms with van der Waals surface area (Å²) < 4.78 is 0.556. The van der Waals surface area contributed by atoms with Crippen molar-refractivity contribution in [2.24, 2.45) is 5.73 Å². The third-order valence-electron chi connectivity index (χ3n) is 2.93. The normalized spacial score (nSPS) is 11.4. The van der Waals surface area contributed by atoms with Crippen LogP contribution in [0.4, 0.5) is 5.69 Å². The van der Waals surface area contributed by atoms with Gasteiger partial charge in [-0.25, -0.2) is 0 Å². The predicted octanol–water partition coefficient (Wildman–Crippen LogP) is 2.87. The number of rotatable bonds is 7. The molecule has 1 aromatic carbocycles. The first kappa shape index (κ1) is 20.1. The summed E-state index contributed by atoms with van der Waals surface area (Å²) in [5.41, 5.74) is 6.05. The number of amides is 1. The topological polar surface area (TPSA) is 98.3 Å². The number of nitrogens with one attached hydrogen (secondary N) is 1. The van der Waals surface area contributed by atoms with Gasteiger partial charge in [0.2, 0.25) is 0 Å². The van der Waals surface area contributed by atoms with Gasteiger partial charge in [0.1, 0.15) is 0 Å². The van der Waals surface area contributed by atoms with E-state index in [2.05, 4.69) is 12.2 Å². The molecule has 1 aromatic rings. The van der Waals surface area contributed by atoms with Crippen molar-refractivity contribution in [3.05, 3.63) is 37.4 Å². The standard InChI is InChI=1S/C13H18IN3O3.ClH/c1-2-3-4-9(8-15)16-13(18)11-6-5-10(17(19)20)7-12(11)14;/h5-7,9H,2-4,8,15H2,1H3,(H,16,18);1H. The molecule has 1 atom stereocenters. The van der Waals surface area contributed by atoms with Crippen LogP contribution >= 0.6 is 35.0 Å². The first-order valence-corrected chi connectivity index (χ1v) is 7.52. The Bertz CT molecular complexity index is 500. The second kappa shape index (κ2) is 9.91. The van der Waals surface area contributed by atoms with E-state index in [1.54, 1.807) is 0 Å². The van der Waals surface area contributed by atoms with Crippen molar-refractivity contribution < 1.29 is 9.72 Å².